The number of ether oxygens (including phenoxy) is 1. The zero-order chi connectivity index (χ0) is 23.1. The molecule has 1 aliphatic rings. The van der Waals surface area contributed by atoms with E-state index in [0.29, 0.717) is 44.4 Å². The van der Waals surface area contributed by atoms with Crippen LogP contribution in [0, 0.1) is 0 Å². The summed E-state index contributed by atoms with van der Waals surface area (Å²) in [4.78, 5) is 6.38. The predicted octanol–water partition coefficient (Wildman–Crippen LogP) is 3.31. The van der Waals surface area contributed by atoms with E-state index >= 15 is 0 Å². The number of hydrogen-bond donors (Lipinski definition) is 1. The van der Waals surface area contributed by atoms with Gasteiger partial charge >= 0.3 is 0 Å². The van der Waals surface area contributed by atoms with E-state index in [1.807, 2.05) is 29.2 Å². The molecule has 3 aromatic rings. The van der Waals surface area contributed by atoms with Crippen LogP contribution in [0.5, 0.6) is 5.75 Å². The fraction of sp³-hybridized carbons (Fsp3) is 0.348. The fourth-order valence-electron chi connectivity index (χ4n) is 3.49. The summed E-state index contributed by atoms with van der Waals surface area (Å²) in [5.74, 6) is 2.03. The zero-order valence-corrected chi connectivity index (χ0v) is 19.4. The van der Waals surface area contributed by atoms with Crippen molar-refractivity contribution in [1.29, 1.82) is 0 Å². The van der Waals surface area contributed by atoms with Crippen LogP contribution in [0.25, 0.3) is 0 Å². The van der Waals surface area contributed by atoms with Crippen molar-refractivity contribution in [3.8, 4) is 5.75 Å². The average Bonchev–Trinajstić information content (AvgIpc) is 2.86. The molecular weight excluding hydrogens is 440 g/mol. The van der Waals surface area contributed by atoms with Crippen LogP contribution in [-0.4, -0.2) is 60.7 Å². The molecule has 4 rings (SSSR count). The average molecular weight is 469 g/mol. The number of piperazine rings is 1. The second-order valence-corrected chi connectivity index (χ2v) is 9.65. The Labute approximate surface area is 194 Å². The highest BCUT2D eigenvalue weighted by molar-refractivity contribution is 7.89. The first-order chi connectivity index (χ1) is 16.1. The third-order valence-corrected chi connectivity index (χ3v) is 7.29. The maximum absolute atomic E-state index is 13.0. The maximum Gasteiger partial charge on any atom is 0.243 e. The Hall–Kier alpha value is -3.24. The van der Waals surface area contributed by atoms with Crippen LogP contribution >= 0.6 is 0 Å². The van der Waals surface area contributed by atoms with Crippen molar-refractivity contribution in [2.75, 3.05) is 43.0 Å². The Bertz CT molecular complexity index is 1120. The highest BCUT2D eigenvalue weighted by atomic mass is 32.2. The molecule has 0 saturated carbocycles. The molecule has 10 heteroatoms. The molecule has 0 aliphatic carbocycles. The summed E-state index contributed by atoms with van der Waals surface area (Å²) in [6.07, 6.45) is 5.44. The Morgan fingerprint density at radius 1 is 1.00 bits per heavy atom. The first-order valence-electron chi connectivity index (χ1n) is 11.0. The summed E-state index contributed by atoms with van der Waals surface area (Å²) in [7, 11) is -3.55. The monoisotopic (exact) mass is 468 g/mol. The minimum Gasteiger partial charge on any atom is -0.494 e. The zero-order valence-electron chi connectivity index (χ0n) is 18.6. The van der Waals surface area contributed by atoms with Gasteiger partial charge in [0, 0.05) is 32.4 Å². The van der Waals surface area contributed by atoms with E-state index < -0.39 is 10.0 Å². The molecule has 174 valence electrons. The first-order valence-corrected chi connectivity index (χ1v) is 12.5. The number of nitrogens with one attached hydrogen (secondary N) is 1. The summed E-state index contributed by atoms with van der Waals surface area (Å²) in [6.45, 7) is 4.58. The molecule has 2 aromatic heterocycles. The molecule has 1 saturated heterocycles. The normalized spacial score (nSPS) is 14.8. The highest BCUT2D eigenvalue weighted by Crippen LogP contribution is 2.23. The van der Waals surface area contributed by atoms with E-state index in [9.17, 15) is 8.42 Å². The van der Waals surface area contributed by atoms with Crippen LogP contribution in [0.4, 0.5) is 17.3 Å². The topological polar surface area (TPSA) is 101 Å². The number of nitrogens with zero attached hydrogens (tertiary/aromatic N) is 5. The van der Waals surface area contributed by atoms with Gasteiger partial charge in [0.1, 0.15) is 5.75 Å². The van der Waals surface area contributed by atoms with Crippen molar-refractivity contribution < 1.29 is 13.2 Å². The molecule has 1 fully saturated rings. The van der Waals surface area contributed by atoms with Crippen molar-refractivity contribution in [3.05, 3.63) is 60.9 Å². The molecule has 1 aromatic carbocycles. The smallest absolute Gasteiger partial charge is 0.243 e. The number of anilines is 3. The lowest BCUT2D eigenvalue weighted by Crippen LogP contribution is -2.48. The molecule has 33 heavy (non-hydrogen) atoms. The van der Waals surface area contributed by atoms with E-state index in [2.05, 4.69) is 27.4 Å². The lowest BCUT2D eigenvalue weighted by atomic mass is 10.3. The minimum atomic E-state index is -3.55. The summed E-state index contributed by atoms with van der Waals surface area (Å²) in [6, 6.07) is 14.1. The van der Waals surface area contributed by atoms with Gasteiger partial charge in [-0.2, -0.15) is 4.31 Å². The van der Waals surface area contributed by atoms with Gasteiger partial charge in [-0.3, -0.25) is 4.98 Å². The van der Waals surface area contributed by atoms with Gasteiger partial charge in [-0.1, -0.05) is 13.3 Å². The Balaban J connectivity index is 1.33. The molecule has 0 unspecified atom stereocenters. The van der Waals surface area contributed by atoms with Crippen LogP contribution in [0.3, 0.4) is 0 Å². The van der Waals surface area contributed by atoms with Gasteiger partial charge in [0.2, 0.25) is 10.0 Å². The number of aromatic nitrogens is 3. The van der Waals surface area contributed by atoms with E-state index in [0.717, 1.165) is 24.3 Å². The Kier molecular flexibility index (Phi) is 7.36. The second-order valence-electron chi connectivity index (χ2n) is 7.71. The van der Waals surface area contributed by atoms with Crippen molar-refractivity contribution >= 4 is 27.3 Å². The summed E-state index contributed by atoms with van der Waals surface area (Å²) >= 11 is 0. The van der Waals surface area contributed by atoms with Gasteiger partial charge in [0.25, 0.3) is 0 Å². The quantitative estimate of drug-likeness (QED) is 0.478. The van der Waals surface area contributed by atoms with Crippen LogP contribution in [0.1, 0.15) is 19.8 Å². The maximum atomic E-state index is 13.0. The van der Waals surface area contributed by atoms with Crippen LogP contribution in [-0.2, 0) is 10.0 Å². The third kappa shape index (κ3) is 5.77. The van der Waals surface area contributed by atoms with Crippen molar-refractivity contribution in [3.63, 3.8) is 0 Å². The van der Waals surface area contributed by atoms with E-state index in [-0.39, 0.29) is 4.90 Å². The summed E-state index contributed by atoms with van der Waals surface area (Å²) in [5.41, 5.74) is 0.832. The number of sulfonamides is 1. The van der Waals surface area contributed by atoms with Gasteiger partial charge in [0.15, 0.2) is 11.6 Å². The summed E-state index contributed by atoms with van der Waals surface area (Å²) < 4.78 is 33.2. The number of unbranched alkanes of at least 4 members (excludes halogenated alkanes) is 1. The van der Waals surface area contributed by atoms with E-state index in [4.69, 9.17) is 4.74 Å². The highest BCUT2D eigenvalue weighted by Gasteiger charge is 2.29. The molecule has 0 radical (unpaired) electrons. The van der Waals surface area contributed by atoms with Gasteiger partial charge in [-0.15, -0.1) is 10.2 Å². The Morgan fingerprint density at radius 2 is 1.79 bits per heavy atom. The minimum absolute atomic E-state index is 0.282. The molecule has 0 atom stereocenters. The fourth-order valence-corrected chi connectivity index (χ4v) is 4.92. The number of pyridine rings is 1. The van der Waals surface area contributed by atoms with Crippen molar-refractivity contribution in [2.24, 2.45) is 0 Å². The van der Waals surface area contributed by atoms with Crippen LogP contribution in [0.2, 0.25) is 0 Å². The van der Waals surface area contributed by atoms with E-state index in [1.54, 1.807) is 36.7 Å². The van der Waals surface area contributed by atoms with Gasteiger partial charge in [0.05, 0.1) is 23.4 Å². The molecule has 9 nitrogen and oxygen atoms in total. The van der Waals surface area contributed by atoms with Gasteiger partial charge < -0.3 is 15.0 Å². The molecule has 0 bridgehead atoms. The van der Waals surface area contributed by atoms with Crippen LogP contribution < -0.4 is 15.0 Å². The Morgan fingerprint density at radius 3 is 2.42 bits per heavy atom. The summed E-state index contributed by atoms with van der Waals surface area (Å²) in [5, 5.41) is 11.7. The van der Waals surface area contributed by atoms with Crippen molar-refractivity contribution in [1.82, 2.24) is 19.5 Å². The molecule has 1 N–H and O–H groups in total. The number of rotatable bonds is 9. The predicted molar refractivity (Wildman–Crippen MR) is 127 cm³/mol. The first kappa shape index (κ1) is 22.9. The largest absolute Gasteiger partial charge is 0.494 e. The van der Waals surface area contributed by atoms with Crippen molar-refractivity contribution in [2.45, 2.75) is 24.7 Å². The lowest BCUT2D eigenvalue weighted by Gasteiger charge is -2.34. The van der Waals surface area contributed by atoms with Crippen LogP contribution in [0.15, 0.2) is 65.8 Å². The van der Waals surface area contributed by atoms with Gasteiger partial charge in [-0.05, 0) is 55.0 Å². The number of hydrogen-bond acceptors (Lipinski definition) is 8. The molecule has 3 heterocycles. The molecule has 0 spiro atoms. The molecular formula is C23H28N6O3S. The lowest BCUT2D eigenvalue weighted by molar-refractivity contribution is 0.309. The standard InChI is InChI=1S/C23H28N6O3S/c1-2-3-17-32-20-6-8-21(9-7-20)33(30,31)29-15-13-28(14-16-29)23-11-10-22(26-27-23)25-19-5-4-12-24-18-19/h4-12,18H,2-3,13-17H2,1H3,(H,25,26). The third-order valence-electron chi connectivity index (χ3n) is 5.38. The number of benzene rings is 1. The van der Waals surface area contributed by atoms with E-state index in [1.165, 1.54) is 4.31 Å². The second kappa shape index (κ2) is 10.6. The van der Waals surface area contributed by atoms with Gasteiger partial charge in [-0.25, -0.2) is 8.42 Å². The SMILES string of the molecule is CCCCOc1ccc(S(=O)(=O)N2CCN(c3ccc(Nc4cccnc4)nn3)CC2)cc1. The molecule has 0 amide bonds. The molecule has 1 aliphatic heterocycles.